The summed E-state index contributed by atoms with van der Waals surface area (Å²) >= 11 is 0. The minimum atomic E-state index is -0.420. The lowest BCUT2D eigenvalue weighted by Crippen LogP contribution is -2.34. The zero-order valence-corrected chi connectivity index (χ0v) is 14.2. The first kappa shape index (κ1) is 15.7. The molecule has 130 valence electrons. The van der Waals surface area contributed by atoms with E-state index < -0.39 is 5.82 Å². The van der Waals surface area contributed by atoms with Crippen LogP contribution in [0.5, 0.6) is 0 Å². The van der Waals surface area contributed by atoms with Crippen LogP contribution < -0.4 is 9.80 Å². The van der Waals surface area contributed by atoms with Crippen molar-refractivity contribution < 1.29 is 4.39 Å². The van der Waals surface area contributed by atoms with E-state index in [0.29, 0.717) is 5.95 Å². The third-order valence-corrected chi connectivity index (χ3v) is 4.48. The number of hydrogen-bond donors (Lipinski definition) is 0. The van der Waals surface area contributed by atoms with Gasteiger partial charge in [0.15, 0.2) is 17.3 Å². The molecular weight excluding hydrogens is 323 g/mol. The zero-order chi connectivity index (χ0) is 17.4. The van der Waals surface area contributed by atoms with E-state index in [1.165, 1.54) is 12.4 Å². The normalized spacial score (nSPS) is 15.7. The average molecular weight is 342 g/mol. The standard InChI is InChI=1S/C16H19FN8/c1-23(2)14-4-3-13-20-21-15(25(13)22-14)11-5-7-24(8-6-11)16-18-9-12(17)10-19-16/h3-4,9-11H,5-8H2,1-2H3. The molecule has 1 aliphatic heterocycles. The van der Waals surface area contributed by atoms with Gasteiger partial charge in [0.2, 0.25) is 5.95 Å². The highest BCUT2D eigenvalue weighted by Gasteiger charge is 2.26. The van der Waals surface area contributed by atoms with Crippen molar-refractivity contribution in [2.45, 2.75) is 18.8 Å². The lowest BCUT2D eigenvalue weighted by Gasteiger charge is -2.30. The summed E-state index contributed by atoms with van der Waals surface area (Å²) in [5.74, 6) is 2.18. The smallest absolute Gasteiger partial charge is 0.225 e. The molecule has 4 rings (SSSR count). The summed E-state index contributed by atoms with van der Waals surface area (Å²) in [6.45, 7) is 1.58. The van der Waals surface area contributed by atoms with Gasteiger partial charge in [0, 0.05) is 33.1 Å². The van der Waals surface area contributed by atoms with Crippen LogP contribution in [0.25, 0.3) is 5.65 Å². The molecule has 25 heavy (non-hydrogen) atoms. The quantitative estimate of drug-likeness (QED) is 0.714. The summed E-state index contributed by atoms with van der Waals surface area (Å²) in [7, 11) is 3.92. The van der Waals surface area contributed by atoms with E-state index in [-0.39, 0.29) is 5.92 Å². The lowest BCUT2D eigenvalue weighted by molar-refractivity contribution is 0.471. The second-order valence-electron chi connectivity index (χ2n) is 6.38. The Labute approximate surface area is 144 Å². The van der Waals surface area contributed by atoms with Crippen LogP contribution in [0.1, 0.15) is 24.6 Å². The predicted molar refractivity (Wildman–Crippen MR) is 91.3 cm³/mol. The average Bonchev–Trinajstić information content (AvgIpc) is 3.05. The summed E-state index contributed by atoms with van der Waals surface area (Å²) in [6, 6.07) is 3.86. The van der Waals surface area contributed by atoms with Gasteiger partial charge in [0.05, 0.1) is 12.4 Å². The van der Waals surface area contributed by atoms with Gasteiger partial charge in [-0.3, -0.25) is 0 Å². The third-order valence-electron chi connectivity index (χ3n) is 4.48. The van der Waals surface area contributed by atoms with Crippen molar-refractivity contribution in [2.24, 2.45) is 0 Å². The van der Waals surface area contributed by atoms with E-state index in [2.05, 4.69) is 30.2 Å². The van der Waals surface area contributed by atoms with Crippen molar-refractivity contribution in [1.29, 1.82) is 0 Å². The van der Waals surface area contributed by atoms with Crippen molar-refractivity contribution in [1.82, 2.24) is 29.8 Å². The molecule has 8 nitrogen and oxygen atoms in total. The molecule has 0 atom stereocenters. The summed E-state index contributed by atoms with van der Waals surface area (Å²) < 4.78 is 14.8. The van der Waals surface area contributed by atoms with Gasteiger partial charge >= 0.3 is 0 Å². The molecule has 0 radical (unpaired) electrons. The van der Waals surface area contributed by atoms with Gasteiger partial charge in [-0.05, 0) is 25.0 Å². The van der Waals surface area contributed by atoms with Gasteiger partial charge in [-0.15, -0.1) is 15.3 Å². The van der Waals surface area contributed by atoms with Crippen LogP contribution in [0.3, 0.4) is 0 Å². The molecule has 1 saturated heterocycles. The van der Waals surface area contributed by atoms with E-state index in [4.69, 9.17) is 0 Å². The first-order valence-corrected chi connectivity index (χ1v) is 8.24. The topological polar surface area (TPSA) is 75.3 Å². The highest BCUT2D eigenvalue weighted by Crippen LogP contribution is 2.28. The Kier molecular flexibility index (Phi) is 3.90. The van der Waals surface area contributed by atoms with Crippen LogP contribution in [0.4, 0.5) is 16.2 Å². The first-order chi connectivity index (χ1) is 12.1. The number of anilines is 2. The molecule has 4 heterocycles. The Morgan fingerprint density at radius 1 is 1.08 bits per heavy atom. The summed E-state index contributed by atoms with van der Waals surface area (Å²) in [5.41, 5.74) is 0.755. The van der Waals surface area contributed by atoms with Crippen molar-refractivity contribution in [3.05, 3.63) is 36.2 Å². The van der Waals surface area contributed by atoms with E-state index in [9.17, 15) is 4.39 Å². The van der Waals surface area contributed by atoms with Crippen molar-refractivity contribution in [3.63, 3.8) is 0 Å². The Bertz CT molecular complexity index is 867. The van der Waals surface area contributed by atoms with Crippen LogP contribution in [-0.4, -0.2) is 57.0 Å². The van der Waals surface area contributed by atoms with Crippen molar-refractivity contribution in [3.8, 4) is 0 Å². The second-order valence-corrected chi connectivity index (χ2v) is 6.38. The Morgan fingerprint density at radius 3 is 2.48 bits per heavy atom. The molecule has 1 fully saturated rings. The SMILES string of the molecule is CN(C)c1ccc2nnc(C3CCN(c4ncc(F)cn4)CC3)n2n1. The fourth-order valence-corrected chi connectivity index (χ4v) is 3.10. The van der Waals surface area contributed by atoms with Gasteiger partial charge in [0.1, 0.15) is 5.82 Å². The zero-order valence-electron chi connectivity index (χ0n) is 14.2. The Balaban J connectivity index is 1.53. The largest absolute Gasteiger partial charge is 0.361 e. The number of fused-ring (bicyclic) bond motifs is 1. The number of halogens is 1. The van der Waals surface area contributed by atoms with E-state index in [1.54, 1.807) is 0 Å². The Hall–Kier alpha value is -2.84. The molecule has 0 saturated carbocycles. The molecule has 0 aromatic carbocycles. The van der Waals surface area contributed by atoms with Crippen LogP contribution in [-0.2, 0) is 0 Å². The number of rotatable bonds is 3. The number of piperidine rings is 1. The van der Waals surface area contributed by atoms with Crippen LogP contribution >= 0.6 is 0 Å². The summed E-state index contributed by atoms with van der Waals surface area (Å²) in [4.78, 5) is 12.1. The maximum atomic E-state index is 13.0. The van der Waals surface area contributed by atoms with Gasteiger partial charge < -0.3 is 9.80 Å². The maximum absolute atomic E-state index is 13.0. The molecule has 0 spiro atoms. The Morgan fingerprint density at radius 2 is 1.80 bits per heavy atom. The fourth-order valence-electron chi connectivity index (χ4n) is 3.10. The second kappa shape index (κ2) is 6.23. The molecule has 9 heteroatoms. The number of hydrogen-bond acceptors (Lipinski definition) is 7. The number of aromatic nitrogens is 6. The summed E-state index contributed by atoms with van der Waals surface area (Å²) in [5, 5.41) is 13.2. The monoisotopic (exact) mass is 342 g/mol. The molecular formula is C16H19FN8. The van der Waals surface area contributed by atoms with E-state index in [0.717, 1.165) is 43.2 Å². The minimum Gasteiger partial charge on any atom is -0.361 e. The van der Waals surface area contributed by atoms with Crippen LogP contribution in [0, 0.1) is 5.82 Å². The molecule has 0 unspecified atom stereocenters. The lowest BCUT2D eigenvalue weighted by atomic mass is 9.96. The predicted octanol–water partition coefficient (Wildman–Crippen LogP) is 1.50. The number of nitrogens with zero attached hydrogens (tertiary/aromatic N) is 8. The van der Waals surface area contributed by atoms with Gasteiger partial charge in [-0.2, -0.15) is 4.52 Å². The van der Waals surface area contributed by atoms with Gasteiger partial charge in [0.25, 0.3) is 0 Å². The molecule has 0 N–H and O–H groups in total. The van der Waals surface area contributed by atoms with E-state index in [1.807, 2.05) is 35.6 Å². The highest BCUT2D eigenvalue weighted by molar-refractivity contribution is 5.45. The van der Waals surface area contributed by atoms with Crippen molar-refractivity contribution in [2.75, 3.05) is 37.0 Å². The molecule has 0 bridgehead atoms. The van der Waals surface area contributed by atoms with Gasteiger partial charge in [-0.25, -0.2) is 14.4 Å². The van der Waals surface area contributed by atoms with E-state index >= 15 is 0 Å². The maximum Gasteiger partial charge on any atom is 0.225 e. The third kappa shape index (κ3) is 2.97. The van der Waals surface area contributed by atoms with Crippen LogP contribution in [0.2, 0.25) is 0 Å². The van der Waals surface area contributed by atoms with Crippen LogP contribution in [0.15, 0.2) is 24.5 Å². The minimum absolute atomic E-state index is 0.275. The molecule has 3 aromatic rings. The molecule has 1 aliphatic rings. The van der Waals surface area contributed by atoms with Crippen molar-refractivity contribution >= 4 is 17.4 Å². The highest BCUT2D eigenvalue weighted by atomic mass is 19.1. The molecule has 0 aliphatic carbocycles. The van der Waals surface area contributed by atoms with Gasteiger partial charge in [-0.1, -0.05) is 0 Å². The first-order valence-electron chi connectivity index (χ1n) is 8.24. The molecule has 3 aromatic heterocycles. The fraction of sp³-hybridized carbons (Fsp3) is 0.438. The molecule has 0 amide bonds. The summed E-state index contributed by atoms with van der Waals surface area (Å²) in [6.07, 6.45) is 4.20.